The zero-order valence-electron chi connectivity index (χ0n) is 84.8. The van der Waals surface area contributed by atoms with Gasteiger partial charge in [-0.15, -0.1) is 48.1 Å². The molecule has 0 radical (unpaired) electrons. The summed E-state index contributed by atoms with van der Waals surface area (Å²) in [6.45, 7) is 25.9. The first-order chi connectivity index (χ1) is 66.0. The lowest BCUT2D eigenvalue weighted by Gasteiger charge is -2.63. The number of aliphatic hydroxyl groups is 9. The van der Waals surface area contributed by atoms with Crippen molar-refractivity contribution in [3.63, 3.8) is 0 Å². The molecule has 15 fully saturated rings. The van der Waals surface area contributed by atoms with Crippen molar-refractivity contribution in [1.29, 1.82) is 0 Å². The molecular weight excluding hydrogens is 1840 g/mol. The van der Waals surface area contributed by atoms with Crippen LogP contribution in [0.25, 0.3) is 0 Å². The third-order valence-corrected chi connectivity index (χ3v) is 43.6. The molecule has 9 unspecified atom stereocenters. The Hall–Kier alpha value is -5.96. The number of amides is 6. The number of carbonyl (C=O) groups is 9. The van der Waals surface area contributed by atoms with Gasteiger partial charge in [0.05, 0.1) is 85.1 Å². The van der Waals surface area contributed by atoms with E-state index in [0.717, 1.165) is 133 Å². The Kier molecular flexibility index (Phi) is 36.2. The first-order valence-corrected chi connectivity index (χ1v) is 53.8. The molecule has 6 amide bonds. The van der Waals surface area contributed by atoms with Gasteiger partial charge in [-0.05, 0) is 331 Å². The molecule has 29 nitrogen and oxygen atoms in total. The predicted octanol–water partition coefficient (Wildman–Crippen LogP) is 10.3. The molecule has 782 valence electrons. The molecule has 0 aromatic heterocycles. The summed E-state index contributed by atoms with van der Waals surface area (Å²) in [6.07, 6.45) is 27.2. The van der Waals surface area contributed by atoms with Crippen LogP contribution >= 0.6 is 35.3 Å². The highest BCUT2D eigenvalue weighted by atomic mass is 32.2. The van der Waals surface area contributed by atoms with Crippen LogP contribution in [0.5, 0.6) is 0 Å². The third kappa shape index (κ3) is 20.7. The highest BCUT2D eigenvalue weighted by molar-refractivity contribution is 8.00. The maximum absolute atomic E-state index is 13.2. The van der Waals surface area contributed by atoms with E-state index in [2.05, 4.69) is 96.5 Å². The summed E-state index contributed by atoms with van der Waals surface area (Å²) < 4.78 is 31.0. The van der Waals surface area contributed by atoms with Gasteiger partial charge in [0.1, 0.15) is 51.3 Å². The fourth-order valence-electron chi connectivity index (χ4n) is 32.0. The smallest absolute Gasteiger partial charge is 0.352 e. The second-order valence-electron chi connectivity index (χ2n) is 45.7. The van der Waals surface area contributed by atoms with E-state index in [0.29, 0.717) is 103 Å². The zero-order valence-corrected chi connectivity index (χ0v) is 85.2. The number of nitrogens with one attached hydrogen (secondary N) is 3. The predicted molar refractivity (Wildman–Crippen MR) is 530 cm³/mol. The maximum Gasteiger partial charge on any atom is 0.352 e. The van der Waals surface area contributed by atoms with E-state index in [1.165, 1.54) is 38.2 Å². The Morgan fingerprint density at radius 3 is 1.08 bits per heavy atom. The zero-order chi connectivity index (χ0) is 103. The van der Waals surface area contributed by atoms with Gasteiger partial charge in [-0.3, -0.25) is 57.0 Å². The SMILES string of the molecule is C.C#CCN.C#CCNC(=O)C1=C(C)CSC2C(NC(=O)CC[C@@H](C)[C@H]3CC[C@H]4C5[C@H](O)C[C@@H]6C[C@H](O)CC[C@]6(C)[C@H]5C[C@H](O)[C@]34C)C(=O)N12.CC1=C(C(=O)O)N2C(=O)C(N)C2SC1.CC1=C(C(=O)O)N2C(=O)C(NC(=O)CC[C@@H](C)[C@H]3CC[C@H]4C5[C@H](O)C[C@@H]6C[C@H](O)CC[C@]6(C)[C@H]5C[C@H](O)[C@]34C)C2SC1.C[C@H](CCC(=O)O)[C@H]1CC[C@H]2C3[C@H](O)C[C@@H]4C[C@H](O)CC[C@]4(C)[C@H]3C[C@H](O)[C@]12C.[2H]CF.[2H]CF. The number of carboxylic acid groups (broad SMARTS) is 3. The molecule has 19 N–H and O–H groups in total. The van der Waals surface area contributed by atoms with E-state index < -0.39 is 80.9 Å². The number of carbonyl (C=O) groups excluding carboxylic acids is 6. The van der Waals surface area contributed by atoms with Crippen LogP contribution in [0.4, 0.5) is 8.78 Å². The summed E-state index contributed by atoms with van der Waals surface area (Å²) in [5.41, 5.74) is 12.3. The molecule has 139 heavy (non-hydrogen) atoms. The lowest BCUT2D eigenvalue weighted by atomic mass is 9.43. The van der Waals surface area contributed by atoms with Crippen LogP contribution in [0.1, 0.15) is 267 Å². The summed E-state index contributed by atoms with van der Waals surface area (Å²) in [6, 6.07) is -1.90. The number of carboxylic acids is 3. The number of thioether (sulfide) groups is 3. The van der Waals surface area contributed by atoms with Gasteiger partial charge >= 0.3 is 17.9 Å². The molecule has 34 heteroatoms. The minimum absolute atomic E-state index is 0. The lowest BCUT2D eigenvalue weighted by Crippen LogP contribution is -2.71. The number of nitrogens with two attached hydrogens (primary N) is 2. The van der Waals surface area contributed by atoms with E-state index in [4.69, 9.17) is 30.8 Å². The molecule has 0 bridgehead atoms. The van der Waals surface area contributed by atoms with E-state index in [9.17, 15) is 103 Å². The van der Waals surface area contributed by atoms with Gasteiger partial charge in [0.25, 0.3) is 17.7 Å². The first-order valence-electron chi connectivity index (χ1n) is 52.0. The van der Waals surface area contributed by atoms with Crippen LogP contribution in [-0.2, 0) is 43.2 Å². The Morgan fingerprint density at radius 2 is 0.770 bits per heavy atom. The summed E-state index contributed by atoms with van der Waals surface area (Å²) in [5, 5.41) is 135. The number of rotatable bonds is 18. The lowest BCUT2D eigenvalue weighted by molar-refractivity contribution is -0.207. The Bertz CT molecular complexity index is 4710. The fourth-order valence-corrected chi connectivity index (χ4v) is 35.8. The van der Waals surface area contributed by atoms with Crippen molar-refractivity contribution in [3.05, 3.63) is 33.8 Å². The molecular formula is C105H164F2N8O21S3. The van der Waals surface area contributed by atoms with E-state index in [1.54, 1.807) is 25.6 Å². The number of nitrogens with zero attached hydrogens (tertiary/aromatic N) is 3. The van der Waals surface area contributed by atoms with Gasteiger partial charge in [-0.2, -0.15) is 0 Å². The Labute approximate surface area is 837 Å². The van der Waals surface area contributed by atoms with Gasteiger partial charge in [-0.25, -0.2) is 9.59 Å². The van der Waals surface area contributed by atoms with Crippen LogP contribution < -0.4 is 27.4 Å². The summed E-state index contributed by atoms with van der Waals surface area (Å²) in [4.78, 5) is 114. The summed E-state index contributed by atoms with van der Waals surface area (Å²) >= 11 is 4.53. The van der Waals surface area contributed by atoms with Crippen molar-refractivity contribution in [1.82, 2.24) is 30.7 Å². The third-order valence-electron chi connectivity index (χ3n) is 39.3. The number of alkyl halides is 2. The molecule has 18 rings (SSSR count). The van der Waals surface area contributed by atoms with E-state index in [1.807, 2.05) is 6.92 Å². The second-order valence-corrected chi connectivity index (χ2v) is 49.0. The molecule has 6 heterocycles. The van der Waals surface area contributed by atoms with E-state index >= 15 is 0 Å². The van der Waals surface area contributed by atoms with Gasteiger partial charge in [0.15, 0.2) is 0 Å². The number of aliphatic hydroxyl groups excluding tert-OH is 9. The van der Waals surface area contributed by atoms with Crippen LogP contribution in [0.3, 0.4) is 0 Å². The fraction of sp³-hybridized carbons (Fsp3) is 0.819. The minimum atomic E-state index is -1.11. The van der Waals surface area contributed by atoms with Crippen molar-refractivity contribution in [2.45, 2.75) is 353 Å². The Morgan fingerprint density at radius 1 is 0.468 bits per heavy atom. The van der Waals surface area contributed by atoms with Crippen LogP contribution in [0, 0.1) is 164 Å². The maximum atomic E-state index is 13.2. The van der Waals surface area contributed by atoms with Crippen molar-refractivity contribution < 1.29 is 116 Å². The number of β-lactam (4-membered cyclic amide) rings is 3. The van der Waals surface area contributed by atoms with Crippen molar-refractivity contribution >= 4 is 88.6 Å². The number of halogens is 2. The second kappa shape index (κ2) is 45.6. The normalized spacial score (nSPS) is 43.2. The Balaban J connectivity index is 0.000000182. The molecule has 12 aliphatic carbocycles. The number of terminal acetylenes is 2. The van der Waals surface area contributed by atoms with Crippen molar-refractivity contribution in [3.8, 4) is 24.7 Å². The molecule has 3 saturated heterocycles. The summed E-state index contributed by atoms with van der Waals surface area (Å²) in [5.74, 6) is 6.22. The topological polar surface area (TPSA) is 494 Å². The van der Waals surface area contributed by atoms with Gasteiger partial charge < -0.3 is 88.7 Å². The van der Waals surface area contributed by atoms with Crippen LogP contribution in [0.15, 0.2) is 33.8 Å². The number of aliphatic carboxylic acids is 3. The quantitative estimate of drug-likeness (QED) is 0.0448. The highest BCUT2D eigenvalue weighted by Crippen LogP contribution is 2.73. The molecule has 6 aliphatic heterocycles. The molecule has 0 spiro atoms. The monoisotopic (exact) mass is 2010 g/mol. The van der Waals surface area contributed by atoms with Crippen molar-refractivity contribution in [2.75, 3.05) is 44.7 Å². The number of hydrogen-bond acceptors (Lipinski definition) is 23. The molecule has 12 saturated carbocycles. The largest absolute Gasteiger partial charge is 0.481 e. The molecule has 0 aromatic rings. The molecule has 18 aliphatic rings. The highest BCUT2D eigenvalue weighted by Gasteiger charge is 2.71. The first kappa shape index (κ1) is 110. The van der Waals surface area contributed by atoms with Crippen LogP contribution in [0.2, 0.25) is 0 Å². The number of hydrogen-bond donors (Lipinski definition) is 17. The molecule has 0 aromatic carbocycles. The van der Waals surface area contributed by atoms with Gasteiger partial charge in [0.2, 0.25) is 17.7 Å². The summed E-state index contributed by atoms with van der Waals surface area (Å²) in [7, 11) is -2.00. The van der Waals surface area contributed by atoms with Gasteiger partial charge in [-0.1, -0.05) is 81.6 Å². The van der Waals surface area contributed by atoms with Gasteiger partial charge in [0, 0.05) is 36.5 Å². The van der Waals surface area contributed by atoms with E-state index in [-0.39, 0.29) is 224 Å². The average Bonchev–Trinajstić information content (AvgIpc) is 1.65. The molecule has 39 atom stereocenters. The number of fused-ring (bicyclic) bond motifs is 18. The average molecular weight is 2010 g/mol. The van der Waals surface area contributed by atoms with Crippen LogP contribution in [-0.4, -0.2) is 263 Å². The minimum Gasteiger partial charge on any atom is -0.481 e. The standard InChI is InChI=1S/C35H51N3O6S.C32H48N2O7S.C24H40O5.C8H10N2O3S.C3H5N.2CH3F.CH4/c1-6-13-36-31(43)30-19(3)17-45-33-29(32(44)38(30)33)37-27(42)10-7-18(2)22-8-9-23-28-24(16-26(41)35(22,23)5)34(4)12-11-21(39)14-20(34)15-25(28)40;1-15(5-8-24(38)33-26-28(39)34-27(30(40)41)16(2)14-42-29(26)34)19-6-7-20-25-21(13-23(37)32(19,20)4)31(3)10-9-18(35)11-17(31)12-22(25)36;1-13(4-7-21(28)29)16-5-6-17-22-18(12-20(27)24(16,17)3)23(2)9-8-15(25)10-14(23)11-19(22)26;1-3-2-14-7-4(9)6(11)10(7)5(3)8(12)13;1-2-3-4;2*1-2;/h1,18,20-26,28-29,33,39-41H,7-17H2,2-5H3,(H,36,43)(H,37,42);15,17-23,25-26,29,35-37H,5-14H2,1-4H3,(H,33,38)(H,40,41);13-20,22,25-27H,4-12H2,1-3H3,(H,28,29);4,7H,2,9H2,1H3,(H,12,13);1H,3-4H2;2*1H3;1H4/t18-,20+,21-,22-,23+,24+,25-,26+,28?,29?,33?,34+,35-;15-,17+,18-,19-,20+,21+,22-,23+,25?,26?,29?,31+,32-;13-,14+,15-,16-,17+,18+,19-,20+,22?,23+,24-;;;;;/m111...../s1/i;;;;;2*1D;. The van der Waals surface area contributed by atoms with Crippen molar-refractivity contribution in [2.24, 2.45) is 150 Å².